The fourth-order valence-corrected chi connectivity index (χ4v) is 4.93. The predicted molar refractivity (Wildman–Crippen MR) is 95.6 cm³/mol. The average Bonchev–Trinajstić information content (AvgIpc) is 3.28. The highest BCUT2D eigenvalue weighted by atomic mass is 16.6. The zero-order chi connectivity index (χ0) is 19.6. The molecule has 0 unspecified atom stereocenters. The van der Waals surface area contributed by atoms with E-state index in [1.807, 2.05) is 6.92 Å². The third-order valence-electron chi connectivity index (χ3n) is 5.99. The van der Waals surface area contributed by atoms with Crippen molar-refractivity contribution in [1.82, 2.24) is 10.2 Å². The summed E-state index contributed by atoms with van der Waals surface area (Å²) in [7, 11) is 0. The van der Waals surface area contributed by atoms with Gasteiger partial charge in [-0.05, 0) is 32.6 Å². The van der Waals surface area contributed by atoms with Crippen LogP contribution in [0.25, 0.3) is 0 Å². The molecule has 3 heterocycles. The zero-order valence-corrected chi connectivity index (χ0v) is 16.1. The maximum atomic E-state index is 13.2. The van der Waals surface area contributed by atoms with Crippen molar-refractivity contribution in [3.05, 3.63) is 0 Å². The molecule has 3 saturated heterocycles. The number of rotatable bonds is 9. The largest absolute Gasteiger partial charge is 0.466 e. The Labute approximate surface area is 159 Å². The number of unbranched alkanes of at least 4 members (excludes halogenated alkanes) is 1. The summed E-state index contributed by atoms with van der Waals surface area (Å²) < 4.78 is 11.4. The number of nitrogens with zero attached hydrogens (tertiary/aromatic N) is 1. The van der Waals surface area contributed by atoms with Crippen LogP contribution in [0.1, 0.15) is 46.0 Å². The molecule has 2 amide bonds. The highest BCUT2D eigenvalue weighted by Crippen LogP contribution is 2.58. The molecule has 3 fully saturated rings. The summed E-state index contributed by atoms with van der Waals surface area (Å²) in [5, 5.41) is 12.1. The van der Waals surface area contributed by atoms with Crippen molar-refractivity contribution < 1.29 is 29.0 Å². The molecule has 3 rings (SSSR count). The van der Waals surface area contributed by atoms with Gasteiger partial charge < -0.3 is 24.8 Å². The van der Waals surface area contributed by atoms with Crippen LogP contribution in [0.2, 0.25) is 0 Å². The standard InChI is InChI=1S/C19H30N2O6/c1-3-5-9-20-16(23)15-19-8-7-12(27-19)13(18(25)26-4-2)14(19)17(24)21(15)10-6-11-22/h12-15,22H,3-11H2,1-2H3,(H,20,23)/t12-,13+,14+,15-,19+/m1/s1. The summed E-state index contributed by atoms with van der Waals surface area (Å²) in [4.78, 5) is 40.2. The highest BCUT2D eigenvalue weighted by Gasteiger charge is 2.74. The SMILES string of the molecule is CCCCNC(=O)[C@H]1N(CCCO)C(=O)[C@@H]2[C@@H](C(=O)OCC)[C@H]3CC[C@]21O3. The van der Waals surface area contributed by atoms with Crippen LogP contribution in [0.15, 0.2) is 0 Å². The molecule has 0 saturated carbocycles. The van der Waals surface area contributed by atoms with Crippen molar-refractivity contribution in [3.8, 4) is 0 Å². The van der Waals surface area contributed by atoms with Gasteiger partial charge in [0.25, 0.3) is 0 Å². The first-order valence-electron chi connectivity index (χ1n) is 10.0. The minimum Gasteiger partial charge on any atom is -0.466 e. The lowest BCUT2D eigenvalue weighted by atomic mass is 9.71. The van der Waals surface area contributed by atoms with Crippen molar-refractivity contribution in [2.45, 2.75) is 63.7 Å². The van der Waals surface area contributed by atoms with Gasteiger partial charge in [-0.15, -0.1) is 0 Å². The molecule has 8 heteroatoms. The third-order valence-corrected chi connectivity index (χ3v) is 5.99. The zero-order valence-electron chi connectivity index (χ0n) is 16.1. The van der Waals surface area contributed by atoms with Gasteiger partial charge in [-0.2, -0.15) is 0 Å². The van der Waals surface area contributed by atoms with Gasteiger partial charge >= 0.3 is 5.97 Å². The molecule has 3 aliphatic rings. The van der Waals surface area contributed by atoms with E-state index < -0.39 is 29.4 Å². The molecular formula is C19H30N2O6. The molecule has 1 spiro atoms. The number of esters is 1. The quantitative estimate of drug-likeness (QED) is 0.437. The van der Waals surface area contributed by atoms with Crippen molar-refractivity contribution in [2.24, 2.45) is 11.8 Å². The van der Waals surface area contributed by atoms with Gasteiger partial charge in [-0.3, -0.25) is 14.4 Å². The normalized spacial score (nSPS) is 34.0. The summed E-state index contributed by atoms with van der Waals surface area (Å²) >= 11 is 0. The maximum Gasteiger partial charge on any atom is 0.312 e. The van der Waals surface area contributed by atoms with Crippen LogP contribution >= 0.6 is 0 Å². The number of likely N-dealkylation sites (tertiary alicyclic amines) is 1. The summed E-state index contributed by atoms with van der Waals surface area (Å²) in [6, 6.07) is -0.761. The van der Waals surface area contributed by atoms with Gasteiger partial charge in [0.2, 0.25) is 11.8 Å². The maximum absolute atomic E-state index is 13.2. The average molecular weight is 382 g/mol. The molecule has 0 aromatic rings. The Morgan fingerprint density at radius 1 is 1.37 bits per heavy atom. The molecule has 5 atom stereocenters. The Morgan fingerprint density at radius 2 is 2.15 bits per heavy atom. The molecule has 0 aromatic heterocycles. The molecule has 8 nitrogen and oxygen atoms in total. The molecule has 152 valence electrons. The molecule has 0 radical (unpaired) electrons. The molecule has 3 aliphatic heterocycles. The third kappa shape index (κ3) is 3.23. The van der Waals surface area contributed by atoms with E-state index in [4.69, 9.17) is 9.47 Å². The second kappa shape index (κ2) is 8.14. The Morgan fingerprint density at radius 3 is 2.81 bits per heavy atom. The van der Waals surface area contributed by atoms with Crippen LogP contribution < -0.4 is 5.32 Å². The van der Waals surface area contributed by atoms with Crippen LogP contribution in [-0.4, -0.2) is 71.8 Å². The van der Waals surface area contributed by atoms with E-state index in [0.29, 0.717) is 25.8 Å². The van der Waals surface area contributed by atoms with E-state index in [0.717, 1.165) is 12.8 Å². The number of carbonyl (C=O) groups excluding carboxylic acids is 3. The van der Waals surface area contributed by atoms with E-state index in [1.165, 1.54) is 4.90 Å². The number of hydrogen-bond acceptors (Lipinski definition) is 6. The second-order valence-electron chi connectivity index (χ2n) is 7.56. The van der Waals surface area contributed by atoms with Crippen LogP contribution in [0.4, 0.5) is 0 Å². The fraction of sp³-hybridized carbons (Fsp3) is 0.842. The molecule has 2 bridgehead atoms. The number of fused-ring (bicyclic) bond motifs is 1. The topological polar surface area (TPSA) is 105 Å². The molecule has 0 aromatic carbocycles. The number of amides is 2. The fourth-order valence-electron chi connectivity index (χ4n) is 4.93. The van der Waals surface area contributed by atoms with Crippen molar-refractivity contribution in [3.63, 3.8) is 0 Å². The monoisotopic (exact) mass is 382 g/mol. The first-order chi connectivity index (χ1) is 13.0. The first kappa shape index (κ1) is 20.1. The van der Waals surface area contributed by atoms with Crippen molar-refractivity contribution >= 4 is 17.8 Å². The Hall–Kier alpha value is -1.67. The first-order valence-corrected chi connectivity index (χ1v) is 10.0. The number of carbonyl (C=O) groups is 3. The smallest absolute Gasteiger partial charge is 0.312 e. The number of aliphatic hydroxyl groups is 1. The Kier molecular flexibility index (Phi) is 6.05. The molecular weight excluding hydrogens is 352 g/mol. The summed E-state index contributed by atoms with van der Waals surface area (Å²) in [6.45, 7) is 4.75. The molecule has 27 heavy (non-hydrogen) atoms. The van der Waals surface area contributed by atoms with Crippen molar-refractivity contribution in [1.29, 1.82) is 0 Å². The van der Waals surface area contributed by atoms with Crippen molar-refractivity contribution in [2.75, 3.05) is 26.3 Å². The van der Waals surface area contributed by atoms with E-state index in [-0.39, 0.29) is 37.7 Å². The lowest BCUT2D eigenvalue weighted by Gasteiger charge is -2.33. The number of nitrogens with one attached hydrogen (secondary N) is 1. The summed E-state index contributed by atoms with van der Waals surface area (Å²) in [5.74, 6) is -2.23. The van der Waals surface area contributed by atoms with E-state index in [1.54, 1.807) is 6.92 Å². The van der Waals surface area contributed by atoms with Crippen LogP contribution in [0.5, 0.6) is 0 Å². The predicted octanol–water partition coefficient (Wildman–Crippen LogP) is 0.223. The number of ether oxygens (including phenoxy) is 2. The van der Waals surface area contributed by atoms with E-state index in [9.17, 15) is 19.5 Å². The second-order valence-corrected chi connectivity index (χ2v) is 7.56. The lowest BCUT2D eigenvalue weighted by molar-refractivity contribution is -0.154. The van der Waals surface area contributed by atoms with Gasteiger partial charge in [0, 0.05) is 19.7 Å². The minimum absolute atomic E-state index is 0.0730. The van der Waals surface area contributed by atoms with Gasteiger partial charge in [0.05, 0.1) is 24.5 Å². The number of hydrogen-bond donors (Lipinski definition) is 2. The summed E-state index contributed by atoms with van der Waals surface area (Å²) in [5.41, 5.74) is -0.967. The van der Waals surface area contributed by atoms with Crippen LogP contribution in [-0.2, 0) is 23.9 Å². The van der Waals surface area contributed by atoms with Crippen LogP contribution in [0.3, 0.4) is 0 Å². The van der Waals surface area contributed by atoms with Crippen LogP contribution in [0, 0.1) is 11.8 Å². The van der Waals surface area contributed by atoms with Gasteiger partial charge in [-0.1, -0.05) is 13.3 Å². The summed E-state index contributed by atoms with van der Waals surface area (Å²) in [6.07, 6.45) is 3.03. The van der Waals surface area contributed by atoms with E-state index in [2.05, 4.69) is 5.32 Å². The van der Waals surface area contributed by atoms with Gasteiger partial charge in [-0.25, -0.2) is 0 Å². The molecule has 0 aliphatic carbocycles. The highest BCUT2D eigenvalue weighted by molar-refractivity contribution is 5.98. The van der Waals surface area contributed by atoms with Gasteiger partial charge in [0.15, 0.2) is 0 Å². The minimum atomic E-state index is -0.967. The van der Waals surface area contributed by atoms with E-state index >= 15 is 0 Å². The molecule has 2 N–H and O–H groups in total. The Balaban J connectivity index is 1.90. The lowest BCUT2D eigenvalue weighted by Crippen LogP contribution is -2.55. The van der Waals surface area contributed by atoms with Gasteiger partial charge in [0.1, 0.15) is 11.6 Å². The Bertz CT molecular complexity index is 597. The number of aliphatic hydroxyl groups excluding tert-OH is 1.